The van der Waals surface area contributed by atoms with E-state index in [1.165, 1.54) is 23.5 Å². The lowest BCUT2D eigenvalue weighted by Gasteiger charge is -2.25. The monoisotopic (exact) mass is 536 g/mol. The summed E-state index contributed by atoms with van der Waals surface area (Å²) in [6.07, 6.45) is 5.59. The van der Waals surface area contributed by atoms with Crippen LogP contribution in [-0.2, 0) is 24.0 Å². The maximum atomic E-state index is 13.1. The highest BCUT2D eigenvalue weighted by Crippen LogP contribution is 2.08. The molecule has 0 radical (unpaired) electrons. The fraction of sp³-hybridized carbons (Fsp3) is 0.762. The zero-order valence-corrected chi connectivity index (χ0v) is 22.1. The number of hydrogen-bond donors (Lipinski definition) is 7. The van der Waals surface area contributed by atoms with Crippen molar-refractivity contribution < 1.29 is 29.1 Å². The number of carboxylic acids is 1. The molecule has 0 spiro atoms. The van der Waals surface area contributed by atoms with E-state index in [-0.39, 0.29) is 32.1 Å². The maximum Gasteiger partial charge on any atom is 0.326 e. The summed E-state index contributed by atoms with van der Waals surface area (Å²) in [5.41, 5.74) is 16.4. The van der Waals surface area contributed by atoms with E-state index in [4.69, 9.17) is 17.2 Å². The minimum Gasteiger partial charge on any atom is -0.480 e. The molecule has 35 heavy (non-hydrogen) atoms. The molecule has 4 unspecified atom stereocenters. The molecule has 0 aromatic rings. The Bertz CT molecular complexity index is 699. The molecule has 0 saturated heterocycles. The zero-order chi connectivity index (χ0) is 26.8. The minimum absolute atomic E-state index is 0.0314. The van der Waals surface area contributed by atoms with Crippen LogP contribution >= 0.6 is 23.5 Å². The lowest BCUT2D eigenvalue weighted by Crippen LogP contribution is -2.57. The van der Waals surface area contributed by atoms with Crippen LogP contribution in [0.15, 0.2) is 0 Å². The second kappa shape index (κ2) is 19.2. The molecule has 0 bridgehead atoms. The van der Waals surface area contributed by atoms with E-state index in [1.54, 1.807) is 0 Å². The van der Waals surface area contributed by atoms with E-state index in [1.807, 2.05) is 12.5 Å². The Kier molecular flexibility index (Phi) is 18.1. The SMILES string of the molecule is CSCCC(NC(=O)C(CCSC)NC(=O)C(CCCCN)NC(=O)C(N)CCC(N)=O)C(=O)O. The Labute approximate surface area is 215 Å². The van der Waals surface area contributed by atoms with Gasteiger partial charge < -0.3 is 38.3 Å². The normalized spacial score (nSPS) is 14.3. The first-order valence-corrected chi connectivity index (χ1v) is 14.2. The van der Waals surface area contributed by atoms with Gasteiger partial charge in [-0.15, -0.1) is 0 Å². The highest BCUT2D eigenvalue weighted by Gasteiger charge is 2.30. The third-order valence-corrected chi connectivity index (χ3v) is 6.38. The van der Waals surface area contributed by atoms with Crippen molar-refractivity contribution >= 4 is 53.1 Å². The first-order chi connectivity index (χ1) is 16.6. The van der Waals surface area contributed by atoms with Crippen molar-refractivity contribution in [2.24, 2.45) is 17.2 Å². The molecule has 0 aliphatic carbocycles. The summed E-state index contributed by atoms with van der Waals surface area (Å²) in [6.45, 7) is 0.409. The molecule has 0 saturated carbocycles. The Morgan fingerprint density at radius 2 is 1.26 bits per heavy atom. The van der Waals surface area contributed by atoms with Crippen LogP contribution in [0.2, 0.25) is 0 Å². The fourth-order valence-corrected chi connectivity index (χ4v) is 3.95. The van der Waals surface area contributed by atoms with Crippen molar-refractivity contribution in [3.63, 3.8) is 0 Å². The van der Waals surface area contributed by atoms with E-state index >= 15 is 0 Å². The molecule has 0 fully saturated rings. The van der Waals surface area contributed by atoms with Gasteiger partial charge in [-0.1, -0.05) is 0 Å². The van der Waals surface area contributed by atoms with Gasteiger partial charge in [0.2, 0.25) is 23.6 Å². The molecule has 4 atom stereocenters. The first kappa shape index (κ1) is 33.0. The van der Waals surface area contributed by atoms with Gasteiger partial charge in [-0.25, -0.2) is 4.79 Å². The number of hydrogen-bond acceptors (Lipinski definition) is 9. The second-order valence-corrected chi connectivity index (χ2v) is 9.95. The average Bonchev–Trinajstić information content (AvgIpc) is 2.81. The van der Waals surface area contributed by atoms with Crippen LogP contribution in [0.1, 0.15) is 44.9 Å². The van der Waals surface area contributed by atoms with Crippen molar-refractivity contribution in [2.75, 3.05) is 30.6 Å². The number of nitrogens with two attached hydrogens (primary N) is 3. The van der Waals surface area contributed by atoms with Crippen LogP contribution in [0.25, 0.3) is 0 Å². The smallest absolute Gasteiger partial charge is 0.326 e. The molecule has 0 heterocycles. The van der Waals surface area contributed by atoms with Crippen LogP contribution in [0, 0.1) is 0 Å². The summed E-state index contributed by atoms with van der Waals surface area (Å²) >= 11 is 2.93. The molecule has 12 nitrogen and oxygen atoms in total. The van der Waals surface area contributed by atoms with Gasteiger partial charge in [0.15, 0.2) is 0 Å². The van der Waals surface area contributed by atoms with Crippen molar-refractivity contribution in [1.82, 2.24) is 16.0 Å². The number of primary amides is 1. The number of thioether (sulfide) groups is 2. The first-order valence-electron chi connectivity index (χ1n) is 11.4. The largest absolute Gasteiger partial charge is 0.480 e. The van der Waals surface area contributed by atoms with Gasteiger partial charge in [0.05, 0.1) is 6.04 Å². The number of aliphatic carboxylic acids is 1. The van der Waals surface area contributed by atoms with E-state index in [0.29, 0.717) is 30.9 Å². The lowest BCUT2D eigenvalue weighted by molar-refractivity contribution is -0.142. The molecule has 0 rings (SSSR count). The quantitative estimate of drug-likeness (QED) is 0.0916. The van der Waals surface area contributed by atoms with Gasteiger partial charge in [-0.05, 0) is 69.1 Å². The highest BCUT2D eigenvalue weighted by atomic mass is 32.2. The number of amides is 4. The summed E-state index contributed by atoms with van der Waals surface area (Å²) in [7, 11) is 0. The second-order valence-electron chi connectivity index (χ2n) is 7.98. The Hall–Kier alpha value is -2.03. The van der Waals surface area contributed by atoms with Crippen LogP contribution in [0.4, 0.5) is 0 Å². The van der Waals surface area contributed by atoms with E-state index in [0.717, 1.165) is 0 Å². The van der Waals surface area contributed by atoms with Crippen LogP contribution < -0.4 is 33.2 Å². The summed E-state index contributed by atoms with van der Waals surface area (Å²) in [6, 6.07) is -4.07. The van der Waals surface area contributed by atoms with Gasteiger partial charge in [0, 0.05) is 6.42 Å². The molecular weight excluding hydrogens is 496 g/mol. The number of carboxylic acid groups (broad SMARTS) is 1. The Morgan fingerprint density at radius 3 is 1.74 bits per heavy atom. The highest BCUT2D eigenvalue weighted by molar-refractivity contribution is 7.98. The molecular formula is C21H40N6O6S2. The van der Waals surface area contributed by atoms with E-state index in [9.17, 15) is 29.1 Å². The standard InChI is InChI=1S/C21H40N6O6S2/c1-34-11-8-15(20(31)27-16(21(32)33)9-12-35-2)26-19(30)14(5-3-4-10-22)25-18(29)13(23)6-7-17(24)28/h13-16H,3-12,22-23H2,1-2H3,(H2,24,28)(H,25,29)(H,26,30)(H,27,31)(H,32,33). The molecule has 202 valence electrons. The summed E-state index contributed by atoms with van der Waals surface area (Å²) in [5, 5.41) is 17.1. The molecule has 14 heteroatoms. The van der Waals surface area contributed by atoms with Gasteiger partial charge >= 0.3 is 5.97 Å². The zero-order valence-electron chi connectivity index (χ0n) is 20.4. The number of nitrogens with one attached hydrogen (secondary N) is 3. The van der Waals surface area contributed by atoms with Gasteiger partial charge in [0.25, 0.3) is 0 Å². The van der Waals surface area contributed by atoms with Gasteiger partial charge in [-0.2, -0.15) is 23.5 Å². The number of carbonyl (C=O) groups excluding carboxylic acids is 4. The van der Waals surface area contributed by atoms with Crippen molar-refractivity contribution in [3.8, 4) is 0 Å². The van der Waals surface area contributed by atoms with E-state index < -0.39 is 53.8 Å². The average molecular weight is 537 g/mol. The summed E-state index contributed by atoms with van der Waals surface area (Å²) in [5.74, 6) is -2.47. The van der Waals surface area contributed by atoms with Crippen LogP contribution in [0.5, 0.6) is 0 Å². The van der Waals surface area contributed by atoms with Crippen LogP contribution in [0.3, 0.4) is 0 Å². The summed E-state index contributed by atoms with van der Waals surface area (Å²) < 4.78 is 0. The Morgan fingerprint density at radius 1 is 0.771 bits per heavy atom. The topological polar surface area (TPSA) is 220 Å². The van der Waals surface area contributed by atoms with Crippen LogP contribution in [-0.4, -0.2) is 89.4 Å². The molecule has 0 aliphatic rings. The molecule has 4 amide bonds. The van der Waals surface area contributed by atoms with Gasteiger partial charge in [-0.3, -0.25) is 19.2 Å². The van der Waals surface area contributed by atoms with Crippen molar-refractivity contribution in [2.45, 2.75) is 69.1 Å². The number of carbonyl (C=O) groups is 5. The fourth-order valence-electron chi connectivity index (χ4n) is 3.01. The number of rotatable bonds is 20. The molecule has 0 aliphatic heterocycles. The minimum atomic E-state index is -1.15. The lowest BCUT2D eigenvalue weighted by atomic mass is 10.1. The number of unbranched alkanes of at least 4 members (excludes halogenated alkanes) is 1. The molecule has 0 aromatic heterocycles. The predicted octanol–water partition coefficient (Wildman–Crippen LogP) is -1.25. The maximum absolute atomic E-state index is 13.1. The third kappa shape index (κ3) is 14.9. The van der Waals surface area contributed by atoms with E-state index in [2.05, 4.69) is 16.0 Å². The molecule has 10 N–H and O–H groups in total. The predicted molar refractivity (Wildman–Crippen MR) is 139 cm³/mol. The van der Waals surface area contributed by atoms with Gasteiger partial charge in [0.1, 0.15) is 18.1 Å². The van der Waals surface area contributed by atoms with Crippen molar-refractivity contribution in [1.29, 1.82) is 0 Å². The third-order valence-electron chi connectivity index (χ3n) is 5.09. The summed E-state index contributed by atoms with van der Waals surface area (Å²) in [4.78, 5) is 60.9. The molecule has 0 aromatic carbocycles. The Balaban J connectivity index is 5.41. The van der Waals surface area contributed by atoms with Crippen molar-refractivity contribution in [3.05, 3.63) is 0 Å².